The van der Waals surface area contributed by atoms with Crippen molar-refractivity contribution in [3.05, 3.63) is 34.6 Å². The van der Waals surface area contributed by atoms with E-state index < -0.39 is 46.6 Å². The van der Waals surface area contributed by atoms with Crippen molar-refractivity contribution >= 4 is 5.91 Å². The number of hydrogen-bond donors (Lipinski definition) is 2. The molecule has 0 saturated carbocycles. The first-order valence-corrected chi connectivity index (χ1v) is 5.96. The average Bonchev–Trinajstić information content (AvgIpc) is 2.44. The molecule has 1 saturated heterocycles. The largest absolute Gasteiger partial charge is 0.348 e. The van der Waals surface area contributed by atoms with Crippen LogP contribution in [0.3, 0.4) is 0 Å². The molecule has 1 atom stereocenters. The lowest BCUT2D eigenvalue weighted by Crippen LogP contribution is -2.46. The molecule has 0 aliphatic carbocycles. The number of rotatable bonds is 2. The first-order valence-electron chi connectivity index (χ1n) is 5.96. The Morgan fingerprint density at radius 2 is 1.55 bits per heavy atom. The van der Waals surface area contributed by atoms with Crippen molar-refractivity contribution in [1.82, 2.24) is 10.6 Å². The topological polar surface area (TPSA) is 41.1 Å². The van der Waals surface area contributed by atoms with Gasteiger partial charge in [-0.25, -0.2) is 22.0 Å². The second-order valence-electron chi connectivity index (χ2n) is 4.46. The molecule has 1 fully saturated rings. The molecular weight excluding hydrogens is 283 g/mol. The second-order valence-corrected chi connectivity index (χ2v) is 4.46. The highest BCUT2D eigenvalue weighted by Gasteiger charge is 2.30. The summed E-state index contributed by atoms with van der Waals surface area (Å²) in [5, 5.41) is 5.20. The van der Waals surface area contributed by atoms with Crippen LogP contribution in [0.5, 0.6) is 0 Å². The van der Waals surface area contributed by atoms with E-state index in [9.17, 15) is 26.7 Å². The maximum atomic E-state index is 13.4. The van der Waals surface area contributed by atoms with Crippen LogP contribution >= 0.6 is 0 Å². The number of nitrogens with one attached hydrogen (secondary N) is 2. The van der Waals surface area contributed by atoms with E-state index in [1.807, 2.05) is 0 Å². The fraction of sp³-hybridized carbons (Fsp3) is 0.417. The Kier molecular flexibility index (Phi) is 4.22. The number of amides is 1. The second kappa shape index (κ2) is 5.74. The summed E-state index contributed by atoms with van der Waals surface area (Å²) in [4.78, 5) is 11.7. The number of benzene rings is 1. The van der Waals surface area contributed by atoms with Gasteiger partial charge in [0.15, 0.2) is 23.3 Å². The van der Waals surface area contributed by atoms with Gasteiger partial charge in [0.2, 0.25) is 5.82 Å². The lowest BCUT2D eigenvalue weighted by atomic mass is 10.1. The molecule has 1 heterocycles. The smallest absolute Gasteiger partial charge is 0.257 e. The standard InChI is InChI=1S/C12H11F5N2O/c13-7-6(8(14)10(16)11(17)9(7)15)12(20)19-5-2-1-3-18-4-5/h5,18H,1-4H2,(H,19,20)/t5-/m1/s1. The molecule has 20 heavy (non-hydrogen) atoms. The van der Waals surface area contributed by atoms with Crippen LogP contribution in [-0.2, 0) is 0 Å². The van der Waals surface area contributed by atoms with Gasteiger partial charge in [-0.15, -0.1) is 0 Å². The fourth-order valence-electron chi connectivity index (χ4n) is 2.04. The van der Waals surface area contributed by atoms with Crippen LogP contribution in [0.15, 0.2) is 0 Å². The highest BCUT2D eigenvalue weighted by molar-refractivity contribution is 5.95. The van der Waals surface area contributed by atoms with Gasteiger partial charge in [-0.05, 0) is 19.4 Å². The molecule has 1 aliphatic heterocycles. The van der Waals surface area contributed by atoms with Gasteiger partial charge < -0.3 is 10.6 Å². The molecule has 3 nitrogen and oxygen atoms in total. The highest BCUT2D eigenvalue weighted by Crippen LogP contribution is 2.23. The zero-order valence-electron chi connectivity index (χ0n) is 10.2. The fourth-order valence-corrected chi connectivity index (χ4v) is 2.04. The lowest BCUT2D eigenvalue weighted by molar-refractivity contribution is 0.0919. The summed E-state index contributed by atoms with van der Waals surface area (Å²) >= 11 is 0. The van der Waals surface area contributed by atoms with E-state index in [0.717, 1.165) is 13.0 Å². The molecule has 8 heteroatoms. The Balaban J connectivity index is 2.30. The maximum Gasteiger partial charge on any atom is 0.257 e. The molecular formula is C12H11F5N2O. The summed E-state index contributed by atoms with van der Waals surface area (Å²) in [6.45, 7) is 1.12. The van der Waals surface area contributed by atoms with E-state index in [1.165, 1.54) is 0 Å². The van der Waals surface area contributed by atoms with Gasteiger partial charge in [0.1, 0.15) is 5.56 Å². The molecule has 0 bridgehead atoms. The van der Waals surface area contributed by atoms with Crippen molar-refractivity contribution in [2.75, 3.05) is 13.1 Å². The Hall–Kier alpha value is -1.70. The van der Waals surface area contributed by atoms with Crippen molar-refractivity contribution in [2.24, 2.45) is 0 Å². The number of halogens is 5. The molecule has 0 aromatic heterocycles. The van der Waals surface area contributed by atoms with E-state index in [4.69, 9.17) is 0 Å². The maximum absolute atomic E-state index is 13.4. The average molecular weight is 294 g/mol. The van der Waals surface area contributed by atoms with E-state index in [2.05, 4.69) is 10.6 Å². The monoisotopic (exact) mass is 294 g/mol. The third kappa shape index (κ3) is 2.60. The van der Waals surface area contributed by atoms with Crippen LogP contribution in [0.2, 0.25) is 0 Å². The van der Waals surface area contributed by atoms with Gasteiger partial charge in [0.05, 0.1) is 0 Å². The first-order chi connectivity index (χ1) is 9.43. The minimum atomic E-state index is -2.28. The predicted octanol–water partition coefficient (Wildman–Crippen LogP) is 1.86. The van der Waals surface area contributed by atoms with Crippen molar-refractivity contribution in [3.63, 3.8) is 0 Å². The predicted molar refractivity (Wildman–Crippen MR) is 59.6 cm³/mol. The van der Waals surface area contributed by atoms with Crippen molar-refractivity contribution < 1.29 is 26.7 Å². The molecule has 1 amide bonds. The Bertz CT molecular complexity index is 514. The summed E-state index contributed by atoms with van der Waals surface area (Å²) in [6.07, 6.45) is 1.30. The number of hydrogen-bond acceptors (Lipinski definition) is 2. The van der Waals surface area contributed by atoms with Gasteiger partial charge in [0.25, 0.3) is 5.91 Å². The summed E-state index contributed by atoms with van der Waals surface area (Å²) in [6, 6.07) is -0.411. The molecule has 110 valence electrons. The number of piperidine rings is 1. The Labute approximate surface area is 111 Å². The lowest BCUT2D eigenvalue weighted by Gasteiger charge is -2.24. The minimum absolute atomic E-state index is 0.376. The quantitative estimate of drug-likeness (QED) is 0.497. The minimum Gasteiger partial charge on any atom is -0.348 e. The van der Waals surface area contributed by atoms with Crippen LogP contribution in [0.4, 0.5) is 22.0 Å². The third-order valence-electron chi connectivity index (χ3n) is 3.07. The molecule has 1 aliphatic rings. The zero-order chi connectivity index (χ0) is 14.9. The van der Waals surface area contributed by atoms with Gasteiger partial charge in [-0.1, -0.05) is 0 Å². The normalized spacial score (nSPS) is 18.9. The van der Waals surface area contributed by atoms with E-state index in [1.54, 1.807) is 0 Å². The van der Waals surface area contributed by atoms with Crippen LogP contribution in [0.25, 0.3) is 0 Å². The Morgan fingerprint density at radius 3 is 2.05 bits per heavy atom. The zero-order valence-corrected chi connectivity index (χ0v) is 10.2. The van der Waals surface area contributed by atoms with Crippen LogP contribution in [-0.4, -0.2) is 25.0 Å². The third-order valence-corrected chi connectivity index (χ3v) is 3.07. The van der Waals surface area contributed by atoms with Crippen LogP contribution < -0.4 is 10.6 Å². The summed E-state index contributed by atoms with van der Waals surface area (Å²) in [7, 11) is 0. The Morgan fingerprint density at radius 1 is 1.00 bits per heavy atom. The van der Waals surface area contributed by atoms with E-state index in [0.29, 0.717) is 13.0 Å². The van der Waals surface area contributed by atoms with Gasteiger partial charge in [0, 0.05) is 12.6 Å². The highest BCUT2D eigenvalue weighted by atomic mass is 19.2. The van der Waals surface area contributed by atoms with Crippen molar-refractivity contribution in [1.29, 1.82) is 0 Å². The van der Waals surface area contributed by atoms with Crippen LogP contribution in [0.1, 0.15) is 23.2 Å². The first kappa shape index (κ1) is 14.7. The molecule has 2 rings (SSSR count). The van der Waals surface area contributed by atoms with Gasteiger partial charge >= 0.3 is 0 Å². The molecule has 1 aromatic carbocycles. The molecule has 0 spiro atoms. The van der Waals surface area contributed by atoms with E-state index >= 15 is 0 Å². The summed E-state index contributed by atoms with van der Waals surface area (Å²) in [5.74, 6) is -12.1. The molecule has 1 aromatic rings. The van der Waals surface area contributed by atoms with E-state index in [-0.39, 0.29) is 0 Å². The van der Waals surface area contributed by atoms with Gasteiger partial charge in [-0.2, -0.15) is 0 Å². The number of carbonyl (C=O) groups excluding carboxylic acids is 1. The van der Waals surface area contributed by atoms with Crippen LogP contribution in [0, 0.1) is 29.1 Å². The molecule has 0 unspecified atom stereocenters. The molecule has 2 N–H and O–H groups in total. The summed E-state index contributed by atoms with van der Waals surface area (Å²) in [5.41, 5.74) is -1.45. The van der Waals surface area contributed by atoms with Crippen molar-refractivity contribution in [2.45, 2.75) is 18.9 Å². The summed E-state index contributed by atoms with van der Waals surface area (Å²) < 4.78 is 65.6. The molecule has 0 radical (unpaired) electrons. The SMILES string of the molecule is O=C(N[C@@H]1CCCNC1)c1c(F)c(F)c(F)c(F)c1F. The van der Waals surface area contributed by atoms with Gasteiger partial charge in [-0.3, -0.25) is 4.79 Å². The van der Waals surface area contributed by atoms with Crippen molar-refractivity contribution in [3.8, 4) is 0 Å². The number of carbonyl (C=O) groups is 1.